The van der Waals surface area contributed by atoms with Crippen molar-refractivity contribution in [1.82, 2.24) is 9.97 Å². The van der Waals surface area contributed by atoms with E-state index in [0.29, 0.717) is 33.1 Å². The Morgan fingerprint density at radius 3 is 1.82 bits per heavy atom. The first-order valence-electron chi connectivity index (χ1n) is 11.3. The molecule has 0 N–H and O–H groups in total. The maximum absolute atomic E-state index is 13.3. The van der Waals surface area contributed by atoms with Crippen molar-refractivity contribution in [2.24, 2.45) is 4.99 Å². The van der Waals surface area contributed by atoms with Gasteiger partial charge in [0.25, 0.3) is 0 Å². The minimum atomic E-state index is -0.283. The molecule has 34 heavy (non-hydrogen) atoms. The monoisotopic (exact) mass is 443 g/mol. The van der Waals surface area contributed by atoms with Crippen molar-refractivity contribution in [1.29, 1.82) is 0 Å². The van der Waals surface area contributed by atoms with E-state index in [4.69, 9.17) is 15.0 Å². The highest BCUT2D eigenvalue weighted by molar-refractivity contribution is 6.10. The van der Waals surface area contributed by atoms with E-state index in [1.165, 1.54) is 0 Å². The molecular weight excluding hydrogens is 422 g/mol. The molecule has 0 aliphatic carbocycles. The molecule has 6 rings (SSSR count). The fourth-order valence-corrected chi connectivity index (χ4v) is 4.79. The summed E-state index contributed by atoms with van der Waals surface area (Å²) in [4.78, 5) is 41.1. The van der Waals surface area contributed by atoms with Gasteiger partial charge in [0, 0.05) is 21.5 Å². The first-order chi connectivity index (χ1) is 16.5. The molecule has 0 amide bonds. The highest BCUT2D eigenvalue weighted by atomic mass is 16.1. The second kappa shape index (κ2) is 7.39. The summed E-state index contributed by atoms with van der Waals surface area (Å²) in [5.74, 6) is 0.292. The van der Waals surface area contributed by atoms with Crippen LogP contribution < -0.4 is 16.2 Å². The van der Waals surface area contributed by atoms with Crippen molar-refractivity contribution in [2.75, 3.05) is 0 Å². The second-order valence-electron chi connectivity index (χ2n) is 9.00. The number of aryl methyl sites for hydroxylation is 1. The van der Waals surface area contributed by atoms with Crippen molar-refractivity contribution in [2.45, 2.75) is 26.7 Å². The van der Waals surface area contributed by atoms with Gasteiger partial charge in [-0.3, -0.25) is 9.59 Å². The Morgan fingerprint density at radius 1 is 0.647 bits per heavy atom. The zero-order chi connectivity index (χ0) is 23.6. The van der Waals surface area contributed by atoms with E-state index in [1.807, 2.05) is 43.3 Å². The van der Waals surface area contributed by atoms with E-state index in [-0.39, 0.29) is 21.9 Å². The molecule has 164 valence electrons. The van der Waals surface area contributed by atoms with Crippen molar-refractivity contribution in [3.8, 4) is 0 Å². The molecule has 5 heteroatoms. The molecule has 0 aliphatic heterocycles. The number of hydrogen-bond acceptors (Lipinski definition) is 5. The highest BCUT2D eigenvalue weighted by Crippen LogP contribution is 2.31. The van der Waals surface area contributed by atoms with Gasteiger partial charge in [0.15, 0.2) is 0 Å². The third-order valence-electron chi connectivity index (χ3n) is 6.52. The van der Waals surface area contributed by atoms with Crippen LogP contribution in [0.3, 0.4) is 0 Å². The number of hydrogen-bond donors (Lipinski definition) is 0. The maximum atomic E-state index is 13.3. The fourth-order valence-electron chi connectivity index (χ4n) is 4.79. The summed E-state index contributed by atoms with van der Waals surface area (Å²) in [5.41, 5.74) is 3.89. The molecule has 0 spiro atoms. The summed E-state index contributed by atoms with van der Waals surface area (Å²) in [6.07, 6.45) is 0. The van der Waals surface area contributed by atoms with E-state index in [2.05, 4.69) is 19.9 Å². The molecule has 0 fully saturated rings. The molecule has 5 nitrogen and oxygen atoms in total. The molecule has 0 saturated heterocycles. The summed E-state index contributed by atoms with van der Waals surface area (Å²) in [6.45, 7) is 6.34. The zero-order valence-electron chi connectivity index (χ0n) is 19.1. The molecule has 0 radical (unpaired) electrons. The largest absolute Gasteiger partial charge is 0.287 e. The molecule has 5 aromatic carbocycles. The highest BCUT2D eigenvalue weighted by Gasteiger charge is 2.19. The smallest absolute Gasteiger partial charge is 0.214 e. The summed E-state index contributed by atoms with van der Waals surface area (Å²) >= 11 is 0. The van der Waals surface area contributed by atoms with Gasteiger partial charge >= 0.3 is 0 Å². The Balaban J connectivity index is 1.85. The van der Waals surface area contributed by atoms with Crippen LogP contribution in [-0.4, -0.2) is 9.97 Å². The Hall–Kier alpha value is -4.25. The Kier molecular flexibility index (Phi) is 4.42. The second-order valence-corrected chi connectivity index (χ2v) is 9.00. The number of nitrogens with zero attached hydrogens (tertiary/aromatic N) is 3. The van der Waals surface area contributed by atoms with Crippen molar-refractivity contribution < 1.29 is 0 Å². The number of fused-ring (bicyclic) bond motifs is 5. The Morgan fingerprint density at radius 2 is 1.21 bits per heavy atom. The van der Waals surface area contributed by atoms with Gasteiger partial charge in [-0.05, 0) is 24.0 Å². The van der Waals surface area contributed by atoms with Gasteiger partial charge in [0.05, 0.1) is 16.6 Å². The topological polar surface area (TPSA) is 72.3 Å². The van der Waals surface area contributed by atoms with Gasteiger partial charge in [-0.25, -0.2) is 15.0 Å². The third kappa shape index (κ3) is 2.83. The summed E-state index contributed by atoms with van der Waals surface area (Å²) in [5, 5.41) is 3.18. The maximum Gasteiger partial charge on any atom is 0.214 e. The molecule has 1 aromatic heterocycles. The van der Waals surface area contributed by atoms with Crippen LogP contribution in [0.15, 0.2) is 81.3 Å². The predicted octanol–water partition coefficient (Wildman–Crippen LogP) is 5.35. The molecule has 0 aliphatic rings. The molecule has 0 saturated carbocycles. The van der Waals surface area contributed by atoms with E-state index in [0.717, 1.165) is 27.6 Å². The van der Waals surface area contributed by atoms with Crippen molar-refractivity contribution >= 4 is 49.3 Å². The van der Waals surface area contributed by atoms with E-state index in [1.54, 1.807) is 24.3 Å². The van der Waals surface area contributed by atoms with Gasteiger partial charge in [-0.2, -0.15) is 0 Å². The van der Waals surface area contributed by atoms with E-state index in [9.17, 15) is 9.59 Å². The Labute approximate surface area is 194 Å². The lowest BCUT2D eigenvalue weighted by molar-refractivity contribution is 0.864. The molecule has 1 heterocycles. The van der Waals surface area contributed by atoms with Crippen LogP contribution >= 0.6 is 0 Å². The lowest BCUT2D eigenvalue weighted by atomic mass is 9.98. The summed E-state index contributed by atoms with van der Waals surface area (Å²) in [7, 11) is 0. The molecule has 6 aromatic rings. The quantitative estimate of drug-likeness (QED) is 0.338. The van der Waals surface area contributed by atoms with Crippen LogP contribution in [0.4, 0.5) is 5.69 Å². The van der Waals surface area contributed by atoms with Crippen LogP contribution in [0.1, 0.15) is 30.9 Å². The standard InChI is InChI=1S/C29H21N3O2/c1-15(2)17-14-8-9-16(3)22(17)30-23-18-10-4-5-11-19(18)24-25(23)32-27-26(31-24)28(33)20-12-6-7-13-21(20)29(27)34/h4-15H,1-3H3. The lowest BCUT2D eigenvalue weighted by Crippen LogP contribution is -2.16. The SMILES string of the molecule is Cc1cccc(C(C)C)c1N=c1c2ccccc2c2nc3c(=O)c4ccccc4c(=O)c3nc12. The molecule has 0 bridgehead atoms. The first-order valence-corrected chi connectivity index (χ1v) is 11.3. The minimum absolute atomic E-state index is 0.0943. The number of aromatic nitrogens is 2. The predicted molar refractivity (Wildman–Crippen MR) is 137 cm³/mol. The van der Waals surface area contributed by atoms with Crippen LogP contribution in [0.25, 0.3) is 43.6 Å². The van der Waals surface area contributed by atoms with Gasteiger partial charge in [0.1, 0.15) is 16.6 Å². The minimum Gasteiger partial charge on any atom is -0.287 e. The van der Waals surface area contributed by atoms with Gasteiger partial charge < -0.3 is 0 Å². The fraction of sp³-hybridized carbons (Fsp3) is 0.138. The molecular formula is C29H21N3O2. The number of rotatable bonds is 2. The normalized spacial score (nSPS) is 12.6. The van der Waals surface area contributed by atoms with E-state index < -0.39 is 0 Å². The molecule has 0 unspecified atom stereocenters. The van der Waals surface area contributed by atoms with Crippen LogP contribution in [-0.2, 0) is 0 Å². The average Bonchev–Trinajstić information content (AvgIpc) is 3.15. The Bertz CT molecular complexity index is 1940. The third-order valence-corrected chi connectivity index (χ3v) is 6.52. The van der Waals surface area contributed by atoms with Crippen LogP contribution in [0.2, 0.25) is 0 Å². The molecule has 0 atom stereocenters. The van der Waals surface area contributed by atoms with Gasteiger partial charge in [-0.15, -0.1) is 0 Å². The number of para-hydroxylation sites is 1. The number of benzene rings is 4. The average molecular weight is 444 g/mol. The summed E-state index contributed by atoms with van der Waals surface area (Å²) in [6, 6.07) is 20.9. The van der Waals surface area contributed by atoms with Gasteiger partial charge in [0.2, 0.25) is 10.9 Å². The van der Waals surface area contributed by atoms with Crippen molar-refractivity contribution in [3.05, 3.63) is 104 Å². The van der Waals surface area contributed by atoms with Gasteiger partial charge in [-0.1, -0.05) is 80.6 Å². The zero-order valence-corrected chi connectivity index (χ0v) is 19.1. The lowest BCUT2D eigenvalue weighted by Gasteiger charge is -2.11. The van der Waals surface area contributed by atoms with E-state index >= 15 is 0 Å². The van der Waals surface area contributed by atoms with Crippen LogP contribution in [0, 0.1) is 6.92 Å². The first kappa shape index (κ1) is 20.4. The van der Waals surface area contributed by atoms with Crippen molar-refractivity contribution in [3.63, 3.8) is 0 Å². The van der Waals surface area contributed by atoms with Crippen LogP contribution in [0.5, 0.6) is 0 Å². The summed E-state index contributed by atoms with van der Waals surface area (Å²) < 4.78 is 0.